The third kappa shape index (κ3) is 2.53. The first-order valence-electron chi connectivity index (χ1n) is 6.41. The second-order valence-corrected chi connectivity index (χ2v) is 5.92. The highest BCUT2D eigenvalue weighted by Gasteiger charge is 2.28. The summed E-state index contributed by atoms with van der Waals surface area (Å²) in [6, 6.07) is 1.17. The van der Waals surface area contributed by atoms with Crippen molar-refractivity contribution in [3.8, 4) is 0 Å². The molecule has 2 atom stereocenters. The Morgan fingerprint density at radius 1 is 1.47 bits per heavy atom. The molecular formula is C13H24N4. The van der Waals surface area contributed by atoms with E-state index in [1.807, 2.05) is 26.4 Å². The Kier molecular flexibility index (Phi) is 3.27. The molecule has 2 rings (SSSR count). The third-order valence-electron chi connectivity index (χ3n) is 3.90. The molecule has 2 heterocycles. The molecule has 0 saturated carbocycles. The van der Waals surface area contributed by atoms with E-state index in [1.54, 1.807) is 0 Å². The predicted octanol–water partition coefficient (Wildman–Crippen LogP) is 1.73. The van der Waals surface area contributed by atoms with E-state index in [2.05, 4.69) is 28.4 Å². The topological polar surface area (TPSA) is 47.1 Å². The van der Waals surface area contributed by atoms with Crippen LogP contribution in [0.15, 0.2) is 12.5 Å². The number of imidazole rings is 1. The molecular weight excluding hydrogens is 212 g/mol. The SMILES string of the molecule is CC1CC(n2cncc2C(C)(C)N)CCN1C. The first kappa shape index (κ1) is 12.6. The largest absolute Gasteiger partial charge is 0.330 e. The fourth-order valence-electron chi connectivity index (χ4n) is 2.61. The van der Waals surface area contributed by atoms with E-state index in [-0.39, 0.29) is 5.54 Å². The molecule has 2 unspecified atom stereocenters. The van der Waals surface area contributed by atoms with Gasteiger partial charge < -0.3 is 15.2 Å². The van der Waals surface area contributed by atoms with Gasteiger partial charge in [-0.3, -0.25) is 0 Å². The van der Waals surface area contributed by atoms with Gasteiger partial charge in [0.25, 0.3) is 0 Å². The van der Waals surface area contributed by atoms with Crippen molar-refractivity contribution in [3.05, 3.63) is 18.2 Å². The molecule has 96 valence electrons. The summed E-state index contributed by atoms with van der Waals surface area (Å²) in [6.07, 6.45) is 6.20. The van der Waals surface area contributed by atoms with E-state index in [1.165, 1.54) is 12.8 Å². The van der Waals surface area contributed by atoms with Gasteiger partial charge in [0.2, 0.25) is 0 Å². The molecule has 0 aromatic carbocycles. The van der Waals surface area contributed by atoms with Crippen LogP contribution in [0.25, 0.3) is 0 Å². The van der Waals surface area contributed by atoms with E-state index in [0.717, 1.165) is 12.2 Å². The van der Waals surface area contributed by atoms with Crippen LogP contribution in [0.1, 0.15) is 45.3 Å². The molecule has 1 aliphatic heterocycles. The summed E-state index contributed by atoms with van der Waals surface area (Å²) < 4.78 is 2.28. The van der Waals surface area contributed by atoms with Crippen LogP contribution in [-0.4, -0.2) is 34.1 Å². The summed E-state index contributed by atoms with van der Waals surface area (Å²) in [4.78, 5) is 6.69. The molecule has 1 fully saturated rings. The van der Waals surface area contributed by atoms with Crippen LogP contribution in [0.2, 0.25) is 0 Å². The lowest BCUT2D eigenvalue weighted by Crippen LogP contribution is -2.40. The minimum atomic E-state index is -0.316. The average Bonchev–Trinajstić information content (AvgIpc) is 2.70. The number of aromatic nitrogens is 2. The number of nitrogens with zero attached hydrogens (tertiary/aromatic N) is 3. The van der Waals surface area contributed by atoms with Crippen molar-refractivity contribution in [1.82, 2.24) is 14.5 Å². The quantitative estimate of drug-likeness (QED) is 0.850. The van der Waals surface area contributed by atoms with Crippen molar-refractivity contribution in [1.29, 1.82) is 0 Å². The average molecular weight is 236 g/mol. The Labute approximate surface area is 104 Å². The van der Waals surface area contributed by atoms with E-state index < -0.39 is 0 Å². The molecule has 2 N–H and O–H groups in total. The maximum Gasteiger partial charge on any atom is 0.0951 e. The maximum atomic E-state index is 6.20. The number of rotatable bonds is 2. The molecule has 1 aromatic rings. The van der Waals surface area contributed by atoms with Gasteiger partial charge in [0.05, 0.1) is 17.6 Å². The molecule has 1 saturated heterocycles. The molecule has 0 spiro atoms. The predicted molar refractivity (Wildman–Crippen MR) is 69.8 cm³/mol. The summed E-state index contributed by atoms with van der Waals surface area (Å²) >= 11 is 0. The zero-order valence-electron chi connectivity index (χ0n) is 11.3. The van der Waals surface area contributed by atoms with Crippen LogP contribution in [0.3, 0.4) is 0 Å². The lowest BCUT2D eigenvalue weighted by molar-refractivity contribution is 0.153. The van der Waals surface area contributed by atoms with Crippen LogP contribution in [0.4, 0.5) is 0 Å². The van der Waals surface area contributed by atoms with E-state index in [4.69, 9.17) is 5.73 Å². The number of likely N-dealkylation sites (tertiary alicyclic amines) is 1. The van der Waals surface area contributed by atoms with Crippen molar-refractivity contribution < 1.29 is 0 Å². The van der Waals surface area contributed by atoms with Crippen LogP contribution in [0.5, 0.6) is 0 Å². The molecule has 4 heteroatoms. The summed E-state index contributed by atoms with van der Waals surface area (Å²) in [7, 11) is 2.20. The fourth-order valence-corrected chi connectivity index (χ4v) is 2.61. The van der Waals surface area contributed by atoms with Gasteiger partial charge >= 0.3 is 0 Å². The minimum absolute atomic E-state index is 0.316. The van der Waals surface area contributed by atoms with Crippen molar-refractivity contribution in [2.45, 2.75) is 51.2 Å². The zero-order valence-corrected chi connectivity index (χ0v) is 11.3. The van der Waals surface area contributed by atoms with Crippen LogP contribution in [0, 0.1) is 0 Å². The maximum absolute atomic E-state index is 6.20. The van der Waals surface area contributed by atoms with Crippen LogP contribution in [-0.2, 0) is 5.54 Å². The monoisotopic (exact) mass is 236 g/mol. The first-order chi connectivity index (χ1) is 7.89. The van der Waals surface area contributed by atoms with Gasteiger partial charge in [-0.15, -0.1) is 0 Å². The lowest BCUT2D eigenvalue weighted by atomic mass is 9.96. The smallest absolute Gasteiger partial charge is 0.0951 e. The minimum Gasteiger partial charge on any atom is -0.330 e. The standard InChI is InChI=1S/C13H24N4/c1-10-7-11(5-6-16(10)4)17-9-15-8-12(17)13(2,3)14/h8-11H,5-7,14H2,1-4H3. The van der Waals surface area contributed by atoms with Crippen molar-refractivity contribution in [2.75, 3.05) is 13.6 Å². The molecule has 17 heavy (non-hydrogen) atoms. The highest BCUT2D eigenvalue weighted by molar-refractivity contribution is 5.11. The summed E-state index contributed by atoms with van der Waals surface area (Å²) in [6.45, 7) is 7.52. The number of nitrogens with two attached hydrogens (primary N) is 1. The van der Waals surface area contributed by atoms with Crippen LogP contribution >= 0.6 is 0 Å². The van der Waals surface area contributed by atoms with Gasteiger partial charge in [0, 0.05) is 24.8 Å². The van der Waals surface area contributed by atoms with Gasteiger partial charge in [-0.2, -0.15) is 0 Å². The molecule has 4 nitrogen and oxygen atoms in total. The Bertz CT molecular complexity index is 377. The number of piperidine rings is 1. The second kappa shape index (κ2) is 4.42. The van der Waals surface area contributed by atoms with Crippen molar-refractivity contribution in [2.24, 2.45) is 5.73 Å². The van der Waals surface area contributed by atoms with E-state index in [0.29, 0.717) is 12.1 Å². The highest BCUT2D eigenvalue weighted by atomic mass is 15.2. The van der Waals surface area contributed by atoms with Gasteiger partial charge in [-0.25, -0.2) is 4.98 Å². The Balaban J connectivity index is 2.21. The molecule has 0 amide bonds. The number of hydrogen-bond acceptors (Lipinski definition) is 3. The fraction of sp³-hybridized carbons (Fsp3) is 0.769. The summed E-state index contributed by atoms with van der Waals surface area (Å²) in [5.41, 5.74) is 7.02. The number of hydrogen-bond donors (Lipinski definition) is 1. The normalized spacial score (nSPS) is 27.4. The van der Waals surface area contributed by atoms with Gasteiger partial charge in [0.1, 0.15) is 0 Å². The molecule has 0 radical (unpaired) electrons. The third-order valence-corrected chi connectivity index (χ3v) is 3.90. The van der Waals surface area contributed by atoms with Crippen LogP contribution < -0.4 is 5.73 Å². The Hall–Kier alpha value is -0.870. The highest BCUT2D eigenvalue weighted by Crippen LogP contribution is 2.29. The van der Waals surface area contributed by atoms with Crippen molar-refractivity contribution in [3.63, 3.8) is 0 Å². The van der Waals surface area contributed by atoms with Gasteiger partial charge in [0.15, 0.2) is 0 Å². The van der Waals surface area contributed by atoms with E-state index >= 15 is 0 Å². The van der Waals surface area contributed by atoms with E-state index in [9.17, 15) is 0 Å². The zero-order chi connectivity index (χ0) is 12.6. The van der Waals surface area contributed by atoms with Gasteiger partial charge in [-0.1, -0.05) is 0 Å². The second-order valence-electron chi connectivity index (χ2n) is 5.92. The Morgan fingerprint density at radius 3 is 2.76 bits per heavy atom. The summed E-state index contributed by atoms with van der Waals surface area (Å²) in [5, 5.41) is 0. The summed E-state index contributed by atoms with van der Waals surface area (Å²) in [5.74, 6) is 0. The molecule has 1 aliphatic rings. The lowest BCUT2D eigenvalue weighted by Gasteiger charge is -2.37. The Morgan fingerprint density at radius 2 is 2.18 bits per heavy atom. The van der Waals surface area contributed by atoms with Crippen molar-refractivity contribution >= 4 is 0 Å². The first-order valence-corrected chi connectivity index (χ1v) is 6.41. The van der Waals surface area contributed by atoms with Gasteiger partial charge in [-0.05, 0) is 40.7 Å². The molecule has 1 aromatic heterocycles. The molecule has 0 aliphatic carbocycles. The molecule has 0 bridgehead atoms.